The maximum absolute atomic E-state index is 5.97. The Labute approximate surface area is 370 Å². The van der Waals surface area contributed by atoms with Crippen molar-refractivity contribution < 1.29 is 9.47 Å². The van der Waals surface area contributed by atoms with E-state index in [1.807, 2.05) is 0 Å². The Morgan fingerprint density at radius 2 is 0.603 bits per heavy atom. The van der Waals surface area contributed by atoms with Gasteiger partial charge < -0.3 is 9.47 Å². The van der Waals surface area contributed by atoms with Gasteiger partial charge in [-0.25, -0.2) is 0 Å². The van der Waals surface area contributed by atoms with Crippen molar-refractivity contribution in [3.63, 3.8) is 0 Å². The van der Waals surface area contributed by atoms with Gasteiger partial charge in [0.25, 0.3) is 0 Å². The summed E-state index contributed by atoms with van der Waals surface area (Å²) in [5.74, 6) is 1.82. The van der Waals surface area contributed by atoms with Crippen LogP contribution in [0.3, 0.4) is 0 Å². The number of rotatable bonds is 10. The van der Waals surface area contributed by atoms with Crippen molar-refractivity contribution in [3.05, 3.63) is 193 Å². The van der Waals surface area contributed by atoms with Crippen LogP contribution in [0.5, 0.6) is 11.5 Å². The number of ether oxygens (including phenoxy) is 2. The van der Waals surface area contributed by atoms with Gasteiger partial charge in [0.1, 0.15) is 11.5 Å². The minimum atomic E-state index is -0.225. The maximum atomic E-state index is 5.97. The Bertz CT molecular complexity index is 3030. The van der Waals surface area contributed by atoms with E-state index < -0.39 is 0 Å². The van der Waals surface area contributed by atoms with Gasteiger partial charge in [0, 0.05) is 5.41 Å². The molecule has 1 aliphatic carbocycles. The van der Waals surface area contributed by atoms with Crippen LogP contribution in [0, 0.1) is 0 Å². The van der Waals surface area contributed by atoms with Crippen molar-refractivity contribution in [3.8, 4) is 67.1 Å². The number of fused-ring (bicyclic) bond motifs is 7. The molecule has 306 valence electrons. The standard InChI is InChI=1S/C61H50O2/c1-5-35-62-43-29-23-39(24-30-43)57-47-15-7-11-19-51(47)59(52-20-12-8-16-48(52)57)41-27-33-45-46-34-28-42(38-56(46)61(3,4)55(45)37-41)60-53-21-13-9-17-49(53)58(50-18-10-14-22-54(50)60)40-25-31-44(32-26-40)63-36-6-2/h7-34,37-38H,5-6,35-36H2,1-4H3. The van der Waals surface area contributed by atoms with E-state index in [9.17, 15) is 0 Å². The van der Waals surface area contributed by atoms with Crippen LogP contribution < -0.4 is 9.47 Å². The van der Waals surface area contributed by atoms with Gasteiger partial charge in [0.05, 0.1) is 13.2 Å². The van der Waals surface area contributed by atoms with Crippen LogP contribution in [-0.4, -0.2) is 13.2 Å². The van der Waals surface area contributed by atoms with E-state index in [4.69, 9.17) is 9.47 Å². The van der Waals surface area contributed by atoms with Crippen molar-refractivity contribution in [1.82, 2.24) is 0 Å². The van der Waals surface area contributed by atoms with Crippen molar-refractivity contribution in [1.29, 1.82) is 0 Å². The van der Waals surface area contributed by atoms with Gasteiger partial charge in [-0.2, -0.15) is 0 Å². The van der Waals surface area contributed by atoms with Crippen LogP contribution in [0.1, 0.15) is 51.7 Å². The Morgan fingerprint density at radius 3 is 0.889 bits per heavy atom. The van der Waals surface area contributed by atoms with Crippen LogP contribution in [0.25, 0.3) is 98.7 Å². The summed E-state index contributed by atoms with van der Waals surface area (Å²) in [5.41, 5.74) is 15.1. The fourth-order valence-corrected chi connectivity index (χ4v) is 10.4. The van der Waals surface area contributed by atoms with Crippen LogP contribution in [-0.2, 0) is 5.41 Å². The highest BCUT2D eigenvalue weighted by molar-refractivity contribution is 6.23. The minimum Gasteiger partial charge on any atom is -0.494 e. The van der Waals surface area contributed by atoms with E-state index in [2.05, 4.69) is 210 Å². The molecule has 0 spiro atoms. The van der Waals surface area contributed by atoms with Gasteiger partial charge >= 0.3 is 0 Å². The zero-order valence-electron chi connectivity index (χ0n) is 36.5. The molecule has 0 amide bonds. The first-order valence-corrected chi connectivity index (χ1v) is 22.6. The Balaban J connectivity index is 1.04. The molecule has 10 aromatic carbocycles. The van der Waals surface area contributed by atoms with Crippen LogP contribution in [0.4, 0.5) is 0 Å². The molecule has 0 aromatic heterocycles. The molecule has 0 unspecified atom stereocenters. The second-order valence-electron chi connectivity index (χ2n) is 17.6. The van der Waals surface area contributed by atoms with Gasteiger partial charge in [-0.3, -0.25) is 0 Å². The quantitative estimate of drug-likeness (QED) is 0.128. The zero-order valence-corrected chi connectivity index (χ0v) is 36.5. The molecule has 10 aromatic rings. The van der Waals surface area contributed by atoms with E-state index in [-0.39, 0.29) is 5.41 Å². The predicted molar refractivity (Wildman–Crippen MR) is 267 cm³/mol. The lowest BCUT2D eigenvalue weighted by molar-refractivity contribution is 0.317. The summed E-state index contributed by atoms with van der Waals surface area (Å²) in [6.45, 7) is 10.5. The third-order valence-corrected chi connectivity index (χ3v) is 13.3. The van der Waals surface area contributed by atoms with Crippen molar-refractivity contribution >= 4 is 43.1 Å². The van der Waals surface area contributed by atoms with E-state index >= 15 is 0 Å². The first kappa shape index (κ1) is 38.7. The molecule has 0 N–H and O–H groups in total. The molecule has 0 saturated carbocycles. The van der Waals surface area contributed by atoms with Gasteiger partial charge in [0.2, 0.25) is 0 Å². The van der Waals surface area contributed by atoms with Crippen molar-refractivity contribution in [2.45, 2.75) is 46.0 Å². The molecule has 2 heteroatoms. The highest BCUT2D eigenvalue weighted by Gasteiger charge is 2.36. The lowest BCUT2D eigenvalue weighted by Crippen LogP contribution is -2.15. The third kappa shape index (κ3) is 6.39. The van der Waals surface area contributed by atoms with Crippen molar-refractivity contribution in [2.75, 3.05) is 13.2 Å². The van der Waals surface area contributed by atoms with Gasteiger partial charge in [-0.15, -0.1) is 0 Å². The first-order valence-electron chi connectivity index (χ1n) is 22.6. The summed E-state index contributed by atoms with van der Waals surface area (Å²) >= 11 is 0. The normalized spacial score (nSPS) is 12.8. The van der Waals surface area contributed by atoms with E-state index in [0.717, 1.165) is 37.6 Å². The maximum Gasteiger partial charge on any atom is 0.119 e. The fourth-order valence-electron chi connectivity index (χ4n) is 10.4. The van der Waals surface area contributed by atoms with Crippen LogP contribution >= 0.6 is 0 Å². The molecular weight excluding hydrogens is 765 g/mol. The summed E-state index contributed by atoms with van der Waals surface area (Å²) < 4.78 is 11.9. The van der Waals surface area contributed by atoms with E-state index in [0.29, 0.717) is 0 Å². The Kier molecular flexibility index (Phi) is 9.61. The molecule has 63 heavy (non-hydrogen) atoms. The summed E-state index contributed by atoms with van der Waals surface area (Å²) in [5, 5.41) is 10.1. The van der Waals surface area contributed by atoms with Crippen LogP contribution in [0.2, 0.25) is 0 Å². The van der Waals surface area contributed by atoms with Gasteiger partial charge in [-0.05, 0) is 159 Å². The number of hydrogen-bond donors (Lipinski definition) is 0. The first-order chi connectivity index (χ1) is 30.9. The second kappa shape index (κ2) is 15.6. The molecule has 1 aliphatic rings. The average Bonchev–Trinajstić information content (AvgIpc) is 3.55. The molecule has 0 atom stereocenters. The smallest absolute Gasteiger partial charge is 0.119 e. The molecule has 0 saturated heterocycles. The molecule has 0 fully saturated rings. The SMILES string of the molecule is CCCOc1ccc(-c2c3ccccc3c(-c3ccc4c(c3)C(C)(C)c3cc(-c5c6ccccc6c(-c6ccc(OCCC)cc6)c6ccccc56)ccc3-4)c3ccccc23)cc1. The van der Waals surface area contributed by atoms with Gasteiger partial charge in [-0.1, -0.05) is 173 Å². The highest BCUT2D eigenvalue weighted by Crippen LogP contribution is 2.53. The summed E-state index contributed by atoms with van der Waals surface area (Å²) in [6, 6.07) is 67.5. The lowest BCUT2D eigenvalue weighted by Gasteiger charge is -2.24. The highest BCUT2D eigenvalue weighted by atomic mass is 16.5. The molecule has 0 radical (unpaired) electrons. The third-order valence-electron chi connectivity index (χ3n) is 13.3. The lowest BCUT2D eigenvalue weighted by atomic mass is 9.79. The summed E-state index contributed by atoms with van der Waals surface area (Å²) in [7, 11) is 0. The largest absolute Gasteiger partial charge is 0.494 e. The minimum absolute atomic E-state index is 0.225. The molecule has 0 heterocycles. The van der Waals surface area contributed by atoms with Gasteiger partial charge in [0.15, 0.2) is 0 Å². The Hall–Kier alpha value is -7.16. The molecular formula is C61H50O2. The predicted octanol–water partition coefficient (Wildman–Crippen LogP) is 16.9. The van der Waals surface area contributed by atoms with E-state index in [1.54, 1.807) is 0 Å². The molecule has 0 bridgehead atoms. The number of hydrogen-bond acceptors (Lipinski definition) is 2. The fraction of sp³-hybridized carbons (Fsp3) is 0.148. The van der Waals surface area contributed by atoms with Crippen LogP contribution in [0.15, 0.2) is 182 Å². The molecule has 11 rings (SSSR count). The average molecular weight is 815 g/mol. The molecule has 0 aliphatic heterocycles. The summed E-state index contributed by atoms with van der Waals surface area (Å²) in [6.07, 6.45) is 1.98. The zero-order chi connectivity index (χ0) is 42.7. The molecule has 2 nitrogen and oxygen atoms in total. The van der Waals surface area contributed by atoms with E-state index in [1.165, 1.54) is 110 Å². The Morgan fingerprint density at radius 1 is 0.333 bits per heavy atom. The summed E-state index contributed by atoms with van der Waals surface area (Å²) in [4.78, 5) is 0. The second-order valence-corrected chi connectivity index (χ2v) is 17.6. The number of benzene rings is 10. The topological polar surface area (TPSA) is 18.5 Å². The van der Waals surface area contributed by atoms with Crippen molar-refractivity contribution in [2.24, 2.45) is 0 Å². The monoisotopic (exact) mass is 814 g/mol.